The summed E-state index contributed by atoms with van der Waals surface area (Å²) in [7, 11) is 0. The van der Waals surface area contributed by atoms with Gasteiger partial charge in [0, 0.05) is 17.9 Å². The fourth-order valence-electron chi connectivity index (χ4n) is 3.28. The average Bonchev–Trinajstić information content (AvgIpc) is 3.06. The van der Waals surface area contributed by atoms with Gasteiger partial charge in [0.1, 0.15) is 12.1 Å². The Hall–Kier alpha value is -2.17. The summed E-state index contributed by atoms with van der Waals surface area (Å²) in [5.74, 6) is 0.0175. The van der Waals surface area contributed by atoms with E-state index in [0.29, 0.717) is 12.2 Å². The first-order valence-corrected chi connectivity index (χ1v) is 9.14. The fourth-order valence-corrected chi connectivity index (χ4v) is 3.28. The first kappa shape index (κ1) is 18.6. The number of benzene rings is 2. The third kappa shape index (κ3) is 4.71. The van der Waals surface area contributed by atoms with Crippen LogP contribution in [-0.2, 0) is 9.47 Å². The van der Waals surface area contributed by atoms with Crippen molar-refractivity contribution < 1.29 is 14.3 Å². The van der Waals surface area contributed by atoms with Crippen molar-refractivity contribution in [2.75, 3.05) is 11.9 Å². The molecule has 1 heterocycles. The van der Waals surface area contributed by atoms with Gasteiger partial charge in [-0.05, 0) is 39.3 Å². The molecule has 138 valence electrons. The highest BCUT2D eigenvalue weighted by Crippen LogP contribution is 2.28. The molecule has 0 bridgehead atoms. The molecule has 1 saturated heterocycles. The summed E-state index contributed by atoms with van der Waals surface area (Å²) < 4.78 is 12.2. The van der Waals surface area contributed by atoms with Gasteiger partial charge in [0.2, 0.25) is 0 Å². The molecule has 2 aromatic rings. The zero-order chi connectivity index (χ0) is 18.6. The molecule has 3 atom stereocenters. The Bertz CT molecular complexity index is 709. The summed E-state index contributed by atoms with van der Waals surface area (Å²) in [5.41, 5.74) is 1.28. The van der Waals surface area contributed by atoms with Crippen LogP contribution in [0, 0.1) is 0 Å². The summed E-state index contributed by atoms with van der Waals surface area (Å²) in [6.07, 6.45) is 0.336. The number of carbonyl (C=O) groups is 1. The SMILES string of the molecule is CC(C)(C)OC1CCOC1C(Nc1ccccc1)C(=O)c1ccccc1. The number of anilines is 1. The lowest BCUT2D eigenvalue weighted by molar-refractivity contribution is -0.0889. The lowest BCUT2D eigenvalue weighted by Crippen LogP contribution is -2.48. The monoisotopic (exact) mass is 353 g/mol. The molecular weight excluding hydrogens is 326 g/mol. The minimum Gasteiger partial charge on any atom is -0.373 e. The third-order valence-electron chi connectivity index (χ3n) is 4.35. The number of Topliss-reactive ketones (excluding diaryl/α,β-unsaturated/α-hetero) is 1. The second kappa shape index (κ2) is 8.02. The van der Waals surface area contributed by atoms with Crippen LogP contribution in [0.1, 0.15) is 37.6 Å². The number of ether oxygens (including phenoxy) is 2. The quantitative estimate of drug-likeness (QED) is 0.786. The van der Waals surface area contributed by atoms with E-state index >= 15 is 0 Å². The molecule has 0 saturated carbocycles. The molecule has 0 amide bonds. The molecule has 26 heavy (non-hydrogen) atoms. The molecule has 1 N–H and O–H groups in total. The maximum Gasteiger partial charge on any atom is 0.187 e. The van der Waals surface area contributed by atoms with Crippen LogP contribution in [0.3, 0.4) is 0 Å². The molecule has 4 heteroatoms. The summed E-state index contributed by atoms with van der Waals surface area (Å²) >= 11 is 0. The van der Waals surface area contributed by atoms with E-state index < -0.39 is 6.04 Å². The van der Waals surface area contributed by atoms with Crippen LogP contribution in [0.5, 0.6) is 0 Å². The van der Waals surface area contributed by atoms with Crippen LogP contribution in [0.15, 0.2) is 60.7 Å². The van der Waals surface area contributed by atoms with Crippen molar-refractivity contribution in [2.45, 2.75) is 51.0 Å². The molecule has 0 spiro atoms. The van der Waals surface area contributed by atoms with Crippen LogP contribution in [0.25, 0.3) is 0 Å². The summed E-state index contributed by atoms with van der Waals surface area (Å²) in [4.78, 5) is 13.2. The van der Waals surface area contributed by atoms with Crippen LogP contribution < -0.4 is 5.32 Å². The van der Waals surface area contributed by atoms with Gasteiger partial charge in [-0.2, -0.15) is 0 Å². The van der Waals surface area contributed by atoms with Crippen molar-refractivity contribution in [1.82, 2.24) is 0 Å². The Morgan fingerprint density at radius 2 is 1.69 bits per heavy atom. The van der Waals surface area contributed by atoms with E-state index in [1.165, 1.54) is 0 Å². The molecule has 1 aliphatic heterocycles. The standard InChI is InChI=1S/C22H27NO3/c1-22(2,3)26-18-14-15-25-21(18)19(23-17-12-8-5-9-13-17)20(24)16-10-6-4-7-11-16/h4-13,18-19,21,23H,14-15H2,1-3H3. The molecule has 0 radical (unpaired) electrons. The normalized spacial score (nSPS) is 21.3. The topological polar surface area (TPSA) is 47.6 Å². The molecular formula is C22H27NO3. The second-order valence-corrected chi connectivity index (χ2v) is 7.61. The maximum absolute atomic E-state index is 13.2. The molecule has 1 aliphatic rings. The van der Waals surface area contributed by atoms with Crippen LogP contribution in [0.4, 0.5) is 5.69 Å². The molecule has 3 unspecified atom stereocenters. The number of hydrogen-bond donors (Lipinski definition) is 1. The predicted molar refractivity (Wildman–Crippen MR) is 104 cm³/mol. The Balaban J connectivity index is 1.88. The molecule has 0 aromatic heterocycles. The van der Waals surface area contributed by atoms with Crippen molar-refractivity contribution >= 4 is 11.5 Å². The average molecular weight is 353 g/mol. The summed E-state index contributed by atoms with van der Waals surface area (Å²) in [6, 6.07) is 18.6. The van der Waals surface area contributed by atoms with Crippen molar-refractivity contribution in [2.24, 2.45) is 0 Å². The second-order valence-electron chi connectivity index (χ2n) is 7.61. The van der Waals surface area contributed by atoms with Crippen LogP contribution in [0.2, 0.25) is 0 Å². The van der Waals surface area contributed by atoms with Gasteiger partial charge in [0.25, 0.3) is 0 Å². The number of para-hydroxylation sites is 1. The Morgan fingerprint density at radius 1 is 1.08 bits per heavy atom. The first-order chi connectivity index (χ1) is 12.4. The van der Waals surface area contributed by atoms with Crippen molar-refractivity contribution in [3.8, 4) is 0 Å². The Morgan fingerprint density at radius 3 is 2.31 bits per heavy atom. The number of hydrogen-bond acceptors (Lipinski definition) is 4. The van der Waals surface area contributed by atoms with Gasteiger partial charge in [-0.25, -0.2) is 0 Å². The number of carbonyl (C=O) groups excluding carboxylic acids is 1. The van der Waals surface area contributed by atoms with Gasteiger partial charge < -0.3 is 14.8 Å². The number of nitrogens with one attached hydrogen (secondary N) is 1. The lowest BCUT2D eigenvalue weighted by Gasteiger charge is -2.32. The van der Waals surface area contributed by atoms with E-state index in [9.17, 15) is 4.79 Å². The zero-order valence-corrected chi connectivity index (χ0v) is 15.6. The zero-order valence-electron chi connectivity index (χ0n) is 15.6. The van der Waals surface area contributed by atoms with Gasteiger partial charge in [0.15, 0.2) is 5.78 Å². The Kier molecular flexibility index (Phi) is 5.74. The highest BCUT2D eigenvalue weighted by atomic mass is 16.6. The van der Waals surface area contributed by atoms with Gasteiger partial charge in [0.05, 0.1) is 11.7 Å². The van der Waals surface area contributed by atoms with E-state index in [1.54, 1.807) is 0 Å². The fraction of sp³-hybridized carbons (Fsp3) is 0.409. The minimum atomic E-state index is -0.505. The molecule has 2 aromatic carbocycles. The summed E-state index contributed by atoms with van der Waals surface area (Å²) in [5, 5.41) is 3.38. The van der Waals surface area contributed by atoms with E-state index in [0.717, 1.165) is 12.1 Å². The van der Waals surface area contributed by atoms with E-state index in [1.807, 2.05) is 81.4 Å². The molecule has 1 fully saturated rings. The minimum absolute atomic E-state index is 0.0175. The van der Waals surface area contributed by atoms with Crippen LogP contribution in [-0.4, -0.2) is 36.2 Å². The molecule has 4 nitrogen and oxygen atoms in total. The third-order valence-corrected chi connectivity index (χ3v) is 4.35. The van der Waals surface area contributed by atoms with E-state index in [-0.39, 0.29) is 23.6 Å². The summed E-state index contributed by atoms with van der Waals surface area (Å²) in [6.45, 7) is 6.68. The van der Waals surface area contributed by atoms with E-state index in [4.69, 9.17) is 9.47 Å². The van der Waals surface area contributed by atoms with Crippen molar-refractivity contribution in [3.05, 3.63) is 66.2 Å². The number of ketones is 1. The molecule has 0 aliphatic carbocycles. The number of rotatable bonds is 6. The van der Waals surface area contributed by atoms with E-state index in [2.05, 4.69) is 5.32 Å². The predicted octanol–water partition coefficient (Wildman–Crippen LogP) is 4.32. The van der Waals surface area contributed by atoms with Crippen LogP contribution >= 0.6 is 0 Å². The lowest BCUT2D eigenvalue weighted by atomic mass is 9.95. The van der Waals surface area contributed by atoms with Gasteiger partial charge in [-0.15, -0.1) is 0 Å². The molecule has 3 rings (SSSR count). The Labute approximate surface area is 155 Å². The van der Waals surface area contributed by atoms with Gasteiger partial charge in [-0.1, -0.05) is 48.5 Å². The first-order valence-electron chi connectivity index (χ1n) is 9.14. The van der Waals surface area contributed by atoms with Crippen molar-refractivity contribution in [1.29, 1.82) is 0 Å². The van der Waals surface area contributed by atoms with Gasteiger partial charge in [-0.3, -0.25) is 4.79 Å². The highest BCUT2D eigenvalue weighted by Gasteiger charge is 2.41. The highest BCUT2D eigenvalue weighted by molar-refractivity contribution is 6.02. The maximum atomic E-state index is 13.2. The smallest absolute Gasteiger partial charge is 0.187 e. The van der Waals surface area contributed by atoms with Gasteiger partial charge >= 0.3 is 0 Å². The largest absolute Gasteiger partial charge is 0.373 e. The van der Waals surface area contributed by atoms with Crippen molar-refractivity contribution in [3.63, 3.8) is 0 Å².